The number of carbonyl (C=O) groups is 3. The van der Waals surface area contributed by atoms with Gasteiger partial charge in [-0.05, 0) is 32.1 Å². The van der Waals surface area contributed by atoms with E-state index in [4.69, 9.17) is 10.3 Å². The Morgan fingerprint density at radius 3 is 2.62 bits per heavy atom. The highest BCUT2D eigenvalue weighted by Crippen LogP contribution is 2.25. The Bertz CT molecular complexity index is 477. The van der Waals surface area contributed by atoms with Gasteiger partial charge in [0.1, 0.15) is 6.04 Å². The fraction of sp³-hybridized carbons (Fsp3) is 0.824. The Kier molecular flexibility index (Phi) is 10.1. The van der Waals surface area contributed by atoms with Gasteiger partial charge in [0.05, 0.1) is 5.92 Å². The number of carbonyl (C=O) groups excluding carboxylic acids is 3. The highest BCUT2D eigenvalue weighted by Gasteiger charge is 2.41. The summed E-state index contributed by atoms with van der Waals surface area (Å²) in [6, 6.07) is -0.676. The van der Waals surface area contributed by atoms with Crippen LogP contribution in [0.25, 0.3) is 0 Å². The maximum Gasteiger partial charge on any atom is 0.278 e. The second-order valence-corrected chi connectivity index (χ2v) is 6.54. The predicted molar refractivity (Wildman–Crippen MR) is 91.9 cm³/mol. The molecule has 3 atom stereocenters. The lowest BCUT2D eigenvalue weighted by atomic mass is 9.94. The zero-order chi connectivity index (χ0) is 19.5. The highest BCUT2D eigenvalue weighted by molar-refractivity contribution is 5.92. The normalized spacial score (nSPS) is 19.1. The Balaban J connectivity index is 2.77. The Labute approximate surface area is 153 Å². The Morgan fingerprint density at radius 1 is 1.27 bits per heavy atom. The van der Waals surface area contributed by atoms with Gasteiger partial charge in [-0.2, -0.15) is 0 Å². The van der Waals surface area contributed by atoms with Gasteiger partial charge in [0.2, 0.25) is 11.8 Å². The minimum atomic E-state index is -2.16. The maximum absolute atomic E-state index is 14.4. The molecule has 26 heavy (non-hydrogen) atoms. The van der Waals surface area contributed by atoms with Gasteiger partial charge in [0.15, 0.2) is 6.17 Å². The van der Waals surface area contributed by atoms with E-state index in [1.807, 2.05) is 6.92 Å². The number of halogens is 1. The third-order valence-corrected chi connectivity index (χ3v) is 4.62. The first-order chi connectivity index (χ1) is 12.5. The number of nitrogens with zero attached hydrogens (tertiary/aromatic N) is 1. The number of aliphatic hydroxyl groups is 1. The van der Waals surface area contributed by atoms with Gasteiger partial charge in [0, 0.05) is 19.7 Å². The fourth-order valence-corrected chi connectivity index (χ4v) is 3.15. The molecule has 3 amide bonds. The molecule has 0 aromatic rings. The van der Waals surface area contributed by atoms with Crippen LogP contribution < -0.4 is 10.8 Å². The van der Waals surface area contributed by atoms with Crippen LogP contribution >= 0.6 is 0 Å². The van der Waals surface area contributed by atoms with Gasteiger partial charge < -0.3 is 15.3 Å². The van der Waals surface area contributed by atoms with Crippen LogP contribution in [-0.4, -0.2) is 64.8 Å². The number of alkyl halides is 1. The zero-order valence-corrected chi connectivity index (χ0v) is 15.2. The van der Waals surface area contributed by atoms with E-state index in [9.17, 15) is 18.8 Å². The van der Waals surface area contributed by atoms with Crippen molar-refractivity contribution in [1.82, 2.24) is 15.7 Å². The van der Waals surface area contributed by atoms with Crippen molar-refractivity contribution < 1.29 is 29.1 Å². The van der Waals surface area contributed by atoms with Gasteiger partial charge in [-0.25, -0.2) is 9.87 Å². The fourth-order valence-electron chi connectivity index (χ4n) is 3.15. The second-order valence-electron chi connectivity index (χ2n) is 6.54. The SMILES string of the molecule is CCCCC(C(=O)N1CCCC1C(=O)NCCCCO)C(F)C(=O)NO. The van der Waals surface area contributed by atoms with E-state index in [1.54, 1.807) is 0 Å². The van der Waals surface area contributed by atoms with Gasteiger partial charge in [-0.1, -0.05) is 19.8 Å². The van der Waals surface area contributed by atoms with Crippen LogP contribution in [0.15, 0.2) is 0 Å². The summed E-state index contributed by atoms with van der Waals surface area (Å²) < 4.78 is 14.4. The Morgan fingerprint density at radius 2 is 2.00 bits per heavy atom. The van der Waals surface area contributed by atoms with Crippen molar-refractivity contribution in [3.8, 4) is 0 Å². The first-order valence-corrected chi connectivity index (χ1v) is 9.24. The van der Waals surface area contributed by atoms with Crippen LogP contribution in [0.5, 0.6) is 0 Å². The van der Waals surface area contributed by atoms with E-state index in [0.29, 0.717) is 45.2 Å². The van der Waals surface area contributed by atoms with E-state index >= 15 is 0 Å². The molecule has 0 spiro atoms. The van der Waals surface area contributed by atoms with Crippen LogP contribution in [0, 0.1) is 5.92 Å². The summed E-state index contributed by atoms with van der Waals surface area (Å²) in [7, 11) is 0. The van der Waals surface area contributed by atoms with Gasteiger partial charge in [-0.3, -0.25) is 19.6 Å². The van der Waals surface area contributed by atoms with E-state index in [1.165, 1.54) is 10.4 Å². The molecule has 3 unspecified atom stereocenters. The Hall–Kier alpha value is -1.74. The molecular weight excluding hydrogens is 345 g/mol. The van der Waals surface area contributed by atoms with Crippen molar-refractivity contribution in [3.05, 3.63) is 0 Å². The molecule has 1 rings (SSSR count). The van der Waals surface area contributed by atoms with Gasteiger partial charge in [0.25, 0.3) is 5.91 Å². The molecule has 0 aromatic carbocycles. The lowest BCUT2D eigenvalue weighted by Crippen LogP contribution is -2.51. The summed E-state index contributed by atoms with van der Waals surface area (Å²) in [6.45, 7) is 2.67. The van der Waals surface area contributed by atoms with Crippen molar-refractivity contribution in [2.75, 3.05) is 19.7 Å². The maximum atomic E-state index is 14.4. The second kappa shape index (κ2) is 11.8. The van der Waals surface area contributed by atoms with Crippen LogP contribution in [0.4, 0.5) is 4.39 Å². The lowest BCUT2D eigenvalue weighted by molar-refractivity contribution is -0.149. The quantitative estimate of drug-likeness (QED) is 0.238. The monoisotopic (exact) mass is 375 g/mol. The number of unbranched alkanes of at least 4 members (excludes halogenated alkanes) is 2. The molecule has 1 heterocycles. The number of likely N-dealkylation sites (tertiary alicyclic amines) is 1. The van der Waals surface area contributed by atoms with Crippen LogP contribution in [0.1, 0.15) is 51.9 Å². The van der Waals surface area contributed by atoms with Crippen molar-refractivity contribution in [2.45, 2.75) is 64.1 Å². The smallest absolute Gasteiger partial charge is 0.278 e. The summed E-state index contributed by atoms with van der Waals surface area (Å²) in [6.07, 6.45) is 1.62. The first kappa shape index (κ1) is 22.3. The topological polar surface area (TPSA) is 119 Å². The molecule has 0 saturated carbocycles. The van der Waals surface area contributed by atoms with Crippen molar-refractivity contribution in [2.24, 2.45) is 5.92 Å². The number of rotatable bonds is 11. The summed E-state index contributed by atoms with van der Waals surface area (Å²) in [4.78, 5) is 37.9. The number of aliphatic hydroxyl groups excluding tert-OH is 1. The van der Waals surface area contributed by atoms with E-state index < -0.39 is 29.9 Å². The number of hydrogen-bond acceptors (Lipinski definition) is 5. The van der Waals surface area contributed by atoms with E-state index in [2.05, 4.69) is 5.32 Å². The molecule has 0 bridgehead atoms. The predicted octanol–water partition coefficient (Wildman–Crippen LogP) is 0.516. The molecule has 8 nitrogen and oxygen atoms in total. The lowest BCUT2D eigenvalue weighted by Gasteiger charge is -2.29. The highest BCUT2D eigenvalue weighted by atomic mass is 19.1. The molecular formula is C17H30FN3O5. The standard InChI is InChI=1S/C17H30FN3O5/c1-2-3-7-12(14(18)16(24)20-26)17(25)21-10-6-8-13(21)15(23)19-9-4-5-11-22/h12-14,22,26H,2-11H2,1H3,(H,19,23)(H,20,24). The summed E-state index contributed by atoms with van der Waals surface area (Å²) >= 11 is 0. The number of hydroxylamine groups is 1. The van der Waals surface area contributed by atoms with Crippen molar-refractivity contribution >= 4 is 17.7 Å². The van der Waals surface area contributed by atoms with Crippen LogP contribution in [0.3, 0.4) is 0 Å². The molecule has 4 N–H and O–H groups in total. The largest absolute Gasteiger partial charge is 0.396 e. The average Bonchev–Trinajstić information content (AvgIpc) is 3.14. The third-order valence-electron chi connectivity index (χ3n) is 4.62. The molecule has 1 aliphatic rings. The molecule has 150 valence electrons. The summed E-state index contributed by atoms with van der Waals surface area (Å²) in [5, 5.41) is 20.1. The number of nitrogens with one attached hydrogen (secondary N) is 2. The van der Waals surface area contributed by atoms with E-state index in [-0.39, 0.29) is 18.9 Å². The number of hydrogen-bond donors (Lipinski definition) is 4. The molecule has 0 aliphatic carbocycles. The van der Waals surface area contributed by atoms with Crippen LogP contribution in [0.2, 0.25) is 0 Å². The first-order valence-electron chi connectivity index (χ1n) is 9.24. The van der Waals surface area contributed by atoms with Gasteiger partial charge >= 0.3 is 0 Å². The third kappa shape index (κ3) is 6.21. The minimum absolute atomic E-state index is 0.0494. The van der Waals surface area contributed by atoms with Crippen molar-refractivity contribution in [1.29, 1.82) is 0 Å². The number of amides is 3. The van der Waals surface area contributed by atoms with Crippen LogP contribution in [-0.2, 0) is 14.4 Å². The molecule has 1 aliphatic heterocycles. The molecule has 1 fully saturated rings. The minimum Gasteiger partial charge on any atom is -0.396 e. The van der Waals surface area contributed by atoms with Gasteiger partial charge in [-0.15, -0.1) is 0 Å². The summed E-state index contributed by atoms with van der Waals surface area (Å²) in [5.74, 6) is -3.33. The average molecular weight is 375 g/mol. The zero-order valence-electron chi connectivity index (χ0n) is 15.2. The molecule has 9 heteroatoms. The molecule has 0 radical (unpaired) electrons. The molecule has 1 saturated heterocycles. The van der Waals surface area contributed by atoms with Crippen molar-refractivity contribution in [3.63, 3.8) is 0 Å². The molecule has 0 aromatic heterocycles. The summed E-state index contributed by atoms with van der Waals surface area (Å²) in [5.41, 5.74) is 1.26. The van der Waals surface area contributed by atoms with E-state index in [0.717, 1.165) is 6.42 Å².